The Hall–Kier alpha value is -3.90. The predicted octanol–water partition coefficient (Wildman–Crippen LogP) is 2.98. The summed E-state index contributed by atoms with van der Waals surface area (Å²) in [7, 11) is 3.28. The number of anilines is 1. The third-order valence-electron chi connectivity index (χ3n) is 4.38. The van der Waals surface area contributed by atoms with Gasteiger partial charge < -0.3 is 5.32 Å². The van der Waals surface area contributed by atoms with E-state index in [1.807, 2.05) is 0 Å². The van der Waals surface area contributed by atoms with Crippen molar-refractivity contribution in [1.82, 2.24) is 9.13 Å². The molecule has 146 valence electrons. The number of hydrogen-bond donors (Lipinski definition) is 1. The molecule has 0 aliphatic rings. The maximum absolute atomic E-state index is 12.5. The molecule has 0 saturated carbocycles. The molecule has 3 aromatic rings. The number of nitro benzene ring substituents is 1. The first kappa shape index (κ1) is 19.9. The fraction of sp³-hybridized carbons (Fsp3) is 0.105. The van der Waals surface area contributed by atoms with Crippen LogP contribution in [0.4, 0.5) is 11.4 Å². The largest absolute Gasteiger partial charge is 0.328 e. The summed E-state index contributed by atoms with van der Waals surface area (Å²) in [6.07, 6.45) is 1.36. The minimum atomic E-state index is -0.767. The van der Waals surface area contributed by atoms with Crippen LogP contribution in [0.2, 0.25) is 5.02 Å². The van der Waals surface area contributed by atoms with Crippen LogP contribution in [0.15, 0.2) is 46.8 Å². The number of nitriles is 1. The SMILES string of the molecule is Cn1c(=O)n(C)c2cc(/C=C(\C#N)C(=O)Nc3cc([N+](=O)[O-])ccc3Cl)ccc21. The number of imidazole rings is 1. The lowest BCUT2D eigenvalue weighted by atomic mass is 10.1. The quantitative estimate of drug-likeness (QED) is 0.306. The van der Waals surface area contributed by atoms with E-state index in [-0.39, 0.29) is 27.7 Å². The number of aryl methyl sites for hydroxylation is 2. The highest BCUT2D eigenvalue weighted by atomic mass is 35.5. The molecule has 0 unspecified atom stereocenters. The Morgan fingerprint density at radius 3 is 2.55 bits per heavy atom. The number of nitro groups is 1. The van der Waals surface area contributed by atoms with E-state index in [4.69, 9.17) is 11.6 Å². The Balaban J connectivity index is 1.95. The number of halogens is 1. The molecule has 0 radical (unpaired) electrons. The zero-order valence-electron chi connectivity index (χ0n) is 15.3. The van der Waals surface area contributed by atoms with E-state index in [0.29, 0.717) is 16.6 Å². The number of rotatable bonds is 4. The number of carbonyl (C=O) groups is 1. The number of carbonyl (C=O) groups excluding carboxylic acids is 1. The van der Waals surface area contributed by atoms with E-state index in [2.05, 4.69) is 5.32 Å². The summed E-state index contributed by atoms with van der Waals surface area (Å²) in [4.78, 5) is 34.8. The van der Waals surface area contributed by atoms with Crippen LogP contribution in [-0.2, 0) is 18.9 Å². The highest BCUT2D eigenvalue weighted by molar-refractivity contribution is 6.34. The van der Waals surface area contributed by atoms with Crippen LogP contribution < -0.4 is 11.0 Å². The Morgan fingerprint density at radius 1 is 1.21 bits per heavy atom. The van der Waals surface area contributed by atoms with Gasteiger partial charge in [-0.1, -0.05) is 17.7 Å². The van der Waals surface area contributed by atoms with Crippen molar-refractivity contribution in [2.24, 2.45) is 14.1 Å². The number of fused-ring (bicyclic) bond motifs is 1. The van der Waals surface area contributed by atoms with Gasteiger partial charge in [-0.25, -0.2) is 4.79 Å². The van der Waals surface area contributed by atoms with Crippen molar-refractivity contribution in [1.29, 1.82) is 5.26 Å². The summed E-state index contributed by atoms with van der Waals surface area (Å²) in [6, 6.07) is 10.5. The third kappa shape index (κ3) is 3.74. The van der Waals surface area contributed by atoms with E-state index < -0.39 is 10.8 Å². The molecule has 0 aliphatic heterocycles. The second kappa shape index (κ2) is 7.61. The van der Waals surface area contributed by atoms with E-state index in [9.17, 15) is 25.0 Å². The molecule has 0 aliphatic carbocycles. The summed E-state index contributed by atoms with van der Waals surface area (Å²) in [5.41, 5.74) is 1.24. The zero-order chi connectivity index (χ0) is 21.3. The van der Waals surface area contributed by atoms with Crippen molar-refractivity contribution in [3.63, 3.8) is 0 Å². The van der Waals surface area contributed by atoms with Crippen molar-refractivity contribution in [3.05, 3.63) is 73.2 Å². The summed E-state index contributed by atoms with van der Waals surface area (Å²) >= 11 is 5.98. The number of hydrogen-bond acceptors (Lipinski definition) is 5. The monoisotopic (exact) mass is 411 g/mol. The minimum absolute atomic E-state index is 0.0212. The third-order valence-corrected chi connectivity index (χ3v) is 4.71. The van der Waals surface area contributed by atoms with Crippen LogP contribution in [-0.4, -0.2) is 20.0 Å². The van der Waals surface area contributed by atoms with Gasteiger partial charge in [-0.05, 0) is 29.8 Å². The summed E-state index contributed by atoms with van der Waals surface area (Å²) in [5, 5.41) is 22.8. The maximum Gasteiger partial charge on any atom is 0.328 e. The first-order chi connectivity index (χ1) is 13.7. The average molecular weight is 412 g/mol. The van der Waals surface area contributed by atoms with Crippen LogP contribution in [0.1, 0.15) is 5.56 Å². The van der Waals surface area contributed by atoms with Crippen LogP contribution in [0.5, 0.6) is 0 Å². The van der Waals surface area contributed by atoms with Crippen molar-refractivity contribution >= 4 is 46.0 Å². The van der Waals surface area contributed by atoms with Gasteiger partial charge in [0, 0.05) is 26.2 Å². The number of aromatic nitrogens is 2. The van der Waals surface area contributed by atoms with Gasteiger partial charge in [-0.3, -0.25) is 24.0 Å². The topological polar surface area (TPSA) is 123 Å². The molecule has 0 fully saturated rings. The fourth-order valence-electron chi connectivity index (χ4n) is 2.84. The van der Waals surface area contributed by atoms with Crippen molar-refractivity contribution < 1.29 is 9.72 Å². The lowest BCUT2D eigenvalue weighted by Crippen LogP contribution is -2.19. The van der Waals surface area contributed by atoms with Gasteiger partial charge in [0.05, 0.1) is 26.7 Å². The molecule has 0 saturated heterocycles. The average Bonchev–Trinajstić information content (AvgIpc) is 2.91. The Kier molecular flexibility index (Phi) is 5.21. The van der Waals surface area contributed by atoms with Gasteiger partial charge in [-0.15, -0.1) is 0 Å². The van der Waals surface area contributed by atoms with E-state index >= 15 is 0 Å². The van der Waals surface area contributed by atoms with Gasteiger partial charge in [0.1, 0.15) is 11.6 Å². The van der Waals surface area contributed by atoms with Crippen LogP contribution in [0.3, 0.4) is 0 Å². The standard InChI is InChI=1S/C19H14ClN5O4/c1-23-16-6-3-11(8-17(16)24(2)19(23)27)7-12(10-21)18(26)22-15-9-13(25(28)29)4-5-14(15)20/h3-9H,1-2H3,(H,22,26)/b12-7+. The number of nitrogens with one attached hydrogen (secondary N) is 1. The molecular formula is C19H14ClN5O4. The summed E-state index contributed by atoms with van der Waals surface area (Å²) < 4.78 is 2.95. The fourth-order valence-corrected chi connectivity index (χ4v) is 3.01. The van der Waals surface area contributed by atoms with Crippen LogP contribution >= 0.6 is 11.6 Å². The predicted molar refractivity (Wildman–Crippen MR) is 108 cm³/mol. The summed E-state index contributed by atoms with van der Waals surface area (Å²) in [6.45, 7) is 0. The molecule has 0 spiro atoms. The molecule has 1 heterocycles. The van der Waals surface area contributed by atoms with E-state index in [0.717, 1.165) is 6.07 Å². The van der Waals surface area contributed by atoms with Gasteiger partial charge in [0.2, 0.25) is 0 Å². The summed E-state index contributed by atoms with van der Waals surface area (Å²) in [5.74, 6) is -0.767. The Morgan fingerprint density at radius 2 is 1.90 bits per heavy atom. The van der Waals surface area contributed by atoms with E-state index in [1.54, 1.807) is 38.4 Å². The molecule has 3 rings (SSSR count). The van der Waals surface area contributed by atoms with Crippen molar-refractivity contribution in [3.8, 4) is 6.07 Å². The Labute approximate surface area is 169 Å². The highest BCUT2D eigenvalue weighted by Gasteiger charge is 2.15. The first-order valence-corrected chi connectivity index (χ1v) is 8.63. The second-order valence-electron chi connectivity index (χ2n) is 6.19. The van der Waals surface area contributed by atoms with Crippen molar-refractivity contribution in [2.45, 2.75) is 0 Å². The molecule has 0 bridgehead atoms. The van der Waals surface area contributed by atoms with Crippen LogP contribution in [0, 0.1) is 21.4 Å². The highest BCUT2D eigenvalue weighted by Crippen LogP contribution is 2.27. The van der Waals surface area contributed by atoms with Gasteiger partial charge >= 0.3 is 5.69 Å². The molecule has 2 aromatic carbocycles. The van der Waals surface area contributed by atoms with Gasteiger partial charge in [0.15, 0.2) is 0 Å². The number of non-ortho nitro benzene ring substituents is 1. The second-order valence-corrected chi connectivity index (χ2v) is 6.60. The molecule has 1 amide bonds. The molecule has 29 heavy (non-hydrogen) atoms. The lowest BCUT2D eigenvalue weighted by Gasteiger charge is -2.06. The number of nitrogens with zero attached hydrogens (tertiary/aromatic N) is 4. The van der Waals surface area contributed by atoms with Gasteiger partial charge in [0.25, 0.3) is 11.6 Å². The molecule has 9 nitrogen and oxygen atoms in total. The lowest BCUT2D eigenvalue weighted by molar-refractivity contribution is -0.384. The van der Waals surface area contributed by atoms with E-state index in [1.165, 1.54) is 27.3 Å². The number of benzene rings is 2. The first-order valence-electron chi connectivity index (χ1n) is 8.25. The molecular weight excluding hydrogens is 398 g/mol. The van der Waals surface area contributed by atoms with Crippen LogP contribution in [0.25, 0.3) is 17.1 Å². The zero-order valence-corrected chi connectivity index (χ0v) is 16.1. The molecule has 10 heteroatoms. The maximum atomic E-state index is 12.5. The molecule has 1 N–H and O–H groups in total. The number of amides is 1. The van der Waals surface area contributed by atoms with Crippen molar-refractivity contribution in [2.75, 3.05) is 5.32 Å². The minimum Gasteiger partial charge on any atom is -0.320 e. The smallest absolute Gasteiger partial charge is 0.320 e. The molecule has 1 aromatic heterocycles. The van der Waals surface area contributed by atoms with Gasteiger partial charge in [-0.2, -0.15) is 5.26 Å². The normalized spacial score (nSPS) is 11.3. The molecule has 0 atom stereocenters. The Bertz CT molecular complexity index is 1300.